The summed E-state index contributed by atoms with van der Waals surface area (Å²) in [7, 11) is 0. The average molecular weight is 405 g/mol. The highest BCUT2D eigenvalue weighted by Crippen LogP contribution is 2.20. The quantitative estimate of drug-likeness (QED) is 0.339. The summed E-state index contributed by atoms with van der Waals surface area (Å²) in [6, 6.07) is 11.2. The molecular weight excluding hydrogens is 376 g/mol. The summed E-state index contributed by atoms with van der Waals surface area (Å²) in [6.07, 6.45) is 1.95. The highest BCUT2D eigenvalue weighted by Gasteiger charge is 2.09. The van der Waals surface area contributed by atoms with Crippen LogP contribution >= 0.6 is 11.6 Å². The van der Waals surface area contributed by atoms with Crippen molar-refractivity contribution in [2.45, 2.75) is 39.4 Å². The van der Waals surface area contributed by atoms with Crippen molar-refractivity contribution < 1.29 is 9.84 Å². The Morgan fingerprint density at radius 1 is 1.25 bits per heavy atom. The van der Waals surface area contributed by atoms with E-state index in [4.69, 9.17) is 16.3 Å². The number of pyridine rings is 1. The molecule has 0 aliphatic carbocycles. The Morgan fingerprint density at radius 2 is 2.07 bits per heavy atom. The molecule has 0 radical (unpaired) electrons. The summed E-state index contributed by atoms with van der Waals surface area (Å²) < 4.78 is 5.69. The van der Waals surface area contributed by atoms with Crippen molar-refractivity contribution >= 4 is 17.6 Å². The third kappa shape index (κ3) is 7.74. The maximum atomic E-state index is 10.5. The SMILES string of the molecule is CCNC(=NCC(O)c1cccc(OC(C)C)c1)NCCc1ccc(Cl)nc1. The molecule has 0 saturated carbocycles. The molecule has 0 saturated heterocycles. The second kappa shape index (κ2) is 11.5. The van der Waals surface area contributed by atoms with E-state index in [9.17, 15) is 5.11 Å². The molecule has 0 amide bonds. The molecular formula is C21H29ClN4O2. The van der Waals surface area contributed by atoms with Gasteiger partial charge < -0.3 is 20.5 Å². The van der Waals surface area contributed by atoms with E-state index in [0.29, 0.717) is 17.7 Å². The van der Waals surface area contributed by atoms with Gasteiger partial charge in [-0.2, -0.15) is 0 Å². The molecule has 6 nitrogen and oxygen atoms in total. The Kier molecular flexibility index (Phi) is 9.04. The molecule has 7 heteroatoms. The van der Waals surface area contributed by atoms with Gasteiger partial charge >= 0.3 is 0 Å². The van der Waals surface area contributed by atoms with Crippen LogP contribution in [-0.2, 0) is 6.42 Å². The number of nitrogens with one attached hydrogen (secondary N) is 2. The van der Waals surface area contributed by atoms with Gasteiger partial charge in [0.05, 0.1) is 18.8 Å². The van der Waals surface area contributed by atoms with Crippen LogP contribution in [0, 0.1) is 0 Å². The van der Waals surface area contributed by atoms with Crippen molar-refractivity contribution in [1.29, 1.82) is 0 Å². The third-order valence-electron chi connectivity index (χ3n) is 3.88. The number of aliphatic hydroxyl groups is 1. The summed E-state index contributed by atoms with van der Waals surface area (Å²) in [5.41, 5.74) is 1.87. The highest BCUT2D eigenvalue weighted by molar-refractivity contribution is 6.29. The molecule has 28 heavy (non-hydrogen) atoms. The molecule has 3 N–H and O–H groups in total. The van der Waals surface area contributed by atoms with Crippen molar-refractivity contribution in [3.63, 3.8) is 0 Å². The lowest BCUT2D eigenvalue weighted by atomic mass is 10.1. The molecule has 1 aromatic carbocycles. The number of hydrogen-bond acceptors (Lipinski definition) is 4. The zero-order chi connectivity index (χ0) is 20.4. The van der Waals surface area contributed by atoms with Crippen molar-refractivity contribution in [3.05, 3.63) is 58.9 Å². The minimum absolute atomic E-state index is 0.0887. The van der Waals surface area contributed by atoms with Crippen LogP contribution in [0.25, 0.3) is 0 Å². The third-order valence-corrected chi connectivity index (χ3v) is 4.10. The van der Waals surface area contributed by atoms with Gasteiger partial charge in [0.25, 0.3) is 0 Å². The number of halogens is 1. The van der Waals surface area contributed by atoms with Gasteiger partial charge in [0.15, 0.2) is 5.96 Å². The van der Waals surface area contributed by atoms with E-state index < -0.39 is 6.10 Å². The maximum Gasteiger partial charge on any atom is 0.191 e. The number of aliphatic hydroxyl groups excluding tert-OH is 1. The highest BCUT2D eigenvalue weighted by atomic mass is 35.5. The summed E-state index contributed by atoms with van der Waals surface area (Å²) in [4.78, 5) is 8.57. The second-order valence-electron chi connectivity index (χ2n) is 6.64. The van der Waals surface area contributed by atoms with Gasteiger partial charge in [0, 0.05) is 19.3 Å². The molecule has 1 unspecified atom stereocenters. The number of nitrogens with zero attached hydrogens (tertiary/aromatic N) is 2. The Bertz CT molecular complexity index is 750. The first kappa shape index (κ1) is 22.0. The lowest BCUT2D eigenvalue weighted by molar-refractivity contribution is 0.185. The van der Waals surface area contributed by atoms with E-state index in [1.165, 1.54) is 0 Å². The standard InChI is InChI=1S/C21H29ClN4O2/c1-4-23-21(24-11-10-16-8-9-20(22)25-13-16)26-14-19(27)17-6-5-7-18(12-17)28-15(2)3/h5-9,12-13,15,19,27H,4,10-11,14H2,1-3H3,(H2,23,24,26). The number of rotatable bonds is 9. The molecule has 1 aromatic heterocycles. The maximum absolute atomic E-state index is 10.5. The molecule has 1 heterocycles. The van der Waals surface area contributed by atoms with Crippen LogP contribution in [0.4, 0.5) is 0 Å². The molecule has 2 aromatic rings. The summed E-state index contributed by atoms with van der Waals surface area (Å²) in [6.45, 7) is 7.64. The fourth-order valence-corrected chi connectivity index (χ4v) is 2.68. The van der Waals surface area contributed by atoms with Gasteiger partial charge in [-0.15, -0.1) is 0 Å². The molecule has 152 valence electrons. The van der Waals surface area contributed by atoms with Gasteiger partial charge in [-0.05, 0) is 56.5 Å². The van der Waals surface area contributed by atoms with E-state index in [0.717, 1.165) is 29.8 Å². The van der Waals surface area contributed by atoms with E-state index in [1.807, 2.05) is 51.1 Å². The first-order chi connectivity index (χ1) is 13.5. The molecule has 0 spiro atoms. The minimum atomic E-state index is -0.702. The van der Waals surface area contributed by atoms with E-state index in [2.05, 4.69) is 20.6 Å². The summed E-state index contributed by atoms with van der Waals surface area (Å²) in [5.74, 6) is 1.41. The van der Waals surface area contributed by atoms with Crippen LogP contribution in [0.5, 0.6) is 5.75 Å². The average Bonchev–Trinajstić information content (AvgIpc) is 2.67. The molecule has 0 bridgehead atoms. The molecule has 0 fully saturated rings. The number of ether oxygens (including phenoxy) is 1. The molecule has 2 rings (SSSR count). The number of hydrogen-bond donors (Lipinski definition) is 3. The van der Waals surface area contributed by atoms with Gasteiger partial charge in [-0.25, -0.2) is 4.98 Å². The predicted octanol–water partition coefficient (Wildman–Crippen LogP) is 3.35. The van der Waals surface area contributed by atoms with Gasteiger partial charge in [-0.3, -0.25) is 4.99 Å². The normalized spacial score (nSPS) is 12.7. The van der Waals surface area contributed by atoms with Gasteiger partial charge in [-0.1, -0.05) is 29.8 Å². The van der Waals surface area contributed by atoms with E-state index in [1.54, 1.807) is 12.3 Å². The molecule has 0 aliphatic rings. The smallest absolute Gasteiger partial charge is 0.191 e. The number of guanidine groups is 1. The Labute approximate surface area is 172 Å². The van der Waals surface area contributed by atoms with Crippen molar-refractivity contribution in [3.8, 4) is 5.75 Å². The first-order valence-corrected chi connectivity index (χ1v) is 9.93. The lowest BCUT2D eigenvalue weighted by Gasteiger charge is -2.15. The van der Waals surface area contributed by atoms with Crippen LogP contribution < -0.4 is 15.4 Å². The fraction of sp³-hybridized carbons (Fsp3) is 0.429. The topological polar surface area (TPSA) is 78.8 Å². The zero-order valence-corrected chi connectivity index (χ0v) is 17.4. The van der Waals surface area contributed by atoms with E-state index in [-0.39, 0.29) is 12.6 Å². The fourth-order valence-electron chi connectivity index (χ4n) is 2.57. The van der Waals surface area contributed by atoms with Crippen LogP contribution in [0.3, 0.4) is 0 Å². The van der Waals surface area contributed by atoms with E-state index >= 15 is 0 Å². The van der Waals surface area contributed by atoms with Crippen LogP contribution in [0.2, 0.25) is 5.15 Å². The Morgan fingerprint density at radius 3 is 2.75 bits per heavy atom. The van der Waals surface area contributed by atoms with Crippen molar-refractivity contribution in [2.24, 2.45) is 4.99 Å². The molecule has 0 aliphatic heterocycles. The van der Waals surface area contributed by atoms with Crippen molar-refractivity contribution in [1.82, 2.24) is 15.6 Å². The largest absolute Gasteiger partial charge is 0.491 e. The predicted molar refractivity (Wildman–Crippen MR) is 114 cm³/mol. The number of aromatic nitrogens is 1. The van der Waals surface area contributed by atoms with Crippen LogP contribution in [0.15, 0.2) is 47.6 Å². The van der Waals surface area contributed by atoms with Crippen LogP contribution in [-0.4, -0.2) is 41.8 Å². The summed E-state index contributed by atoms with van der Waals surface area (Å²) >= 11 is 5.81. The lowest BCUT2D eigenvalue weighted by Crippen LogP contribution is -2.38. The summed E-state index contributed by atoms with van der Waals surface area (Å²) in [5, 5.41) is 17.4. The van der Waals surface area contributed by atoms with Crippen molar-refractivity contribution in [2.75, 3.05) is 19.6 Å². The first-order valence-electron chi connectivity index (χ1n) is 9.55. The second-order valence-corrected chi connectivity index (χ2v) is 7.03. The monoisotopic (exact) mass is 404 g/mol. The van der Waals surface area contributed by atoms with Gasteiger partial charge in [0.2, 0.25) is 0 Å². The molecule has 1 atom stereocenters. The van der Waals surface area contributed by atoms with Crippen LogP contribution in [0.1, 0.15) is 38.0 Å². The Balaban J connectivity index is 1.90. The number of benzene rings is 1. The number of aliphatic imine (C=N–C) groups is 1. The van der Waals surface area contributed by atoms with Gasteiger partial charge in [0.1, 0.15) is 10.9 Å². The minimum Gasteiger partial charge on any atom is -0.491 e. The zero-order valence-electron chi connectivity index (χ0n) is 16.7. The Hall–Kier alpha value is -2.31.